The van der Waals surface area contributed by atoms with Crippen LogP contribution in [0.25, 0.3) is 82.2 Å². The van der Waals surface area contributed by atoms with E-state index in [9.17, 15) is 0 Å². The van der Waals surface area contributed by atoms with Crippen molar-refractivity contribution in [3.63, 3.8) is 0 Å². The number of aromatic nitrogens is 3. The highest BCUT2D eigenvalue weighted by molar-refractivity contribution is 7.26. The van der Waals surface area contributed by atoms with E-state index in [4.69, 9.17) is 15.0 Å². The maximum Gasteiger partial charge on any atom is 0.164 e. The Morgan fingerprint density at radius 3 is 2.04 bits per heavy atom. The van der Waals surface area contributed by atoms with Crippen molar-refractivity contribution in [2.24, 2.45) is 0 Å². The first kappa shape index (κ1) is 31.7. The molecule has 0 aliphatic heterocycles. The average Bonchev–Trinajstić information content (AvgIpc) is 3.69. The molecule has 0 saturated carbocycles. The zero-order valence-electron chi connectivity index (χ0n) is 29.1. The van der Waals surface area contributed by atoms with Gasteiger partial charge in [-0.25, -0.2) is 15.0 Å². The standard InChI is InChI=1S/C48H35N3S/c1-5-14-30(6-2)33-15-11-16-34(29-33)46-49-45(50-47(51-46)39-21-13-23-41-43(39)38-18-7-9-22-40(38)48(41,3)4)32-27-25-31(26-28-32)35-19-12-20-37-36-17-8-10-24-42(36)52-44(35)37/h5-29H,1-2H2,3-4H3/b30-14+. The second-order valence-electron chi connectivity index (χ2n) is 13.7. The van der Waals surface area contributed by atoms with Gasteiger partial charge in [0.05, 0.1) is 0 Å². The van der Waals surface area contributed by atoms with E-state index in [1.165, 1.54) is 48.0 Å². The maximum atomic E-state index is 5.22. The fourth-order valence-electron chi connectivity index (χ4n) is 7.72. The number of allylic oxidation sites excluding steroid dienone is 4. The van der Waals surface area contributed by atoms with Gasteiger partial charge >= 0.3 is 0 Å². The molecule has 0 radical (unpaired) electrons. The highest BCUT2D eigenvalue weighted by Gasteiger charge is 2.37. The van der Waals surface area contributed by atoms with Crippen LogP contribution >= 0.6 is 11.3 Å². The molecule has 0 spiro atoms. The molecule has 0 amide bonds. The zero-order chi connectivity index (χ0) is 35.4. The molecule has 0 atom stereocenters. The van der Waals surface area contributed by atoms with Crippen LogP contribution in [0.5, 0.6) is 0 Å². The van der Waals surface area contributed by atoms with Crippen molar-refractivity contribution in [3.8, 4) is 56.4 Å². The molecule has 9 rings (SSSR count). The predicted molar refractivity (Wildman–Crippen MR) is 220 cm³/mol. The molecule has 8 aromatic rings. The molecule has 1 aliphatic rings. The molecular weight excluding hydrogens is 651 g/mol. The molecular formula is C48H35N3S. The van der Waals surface area contributed by atoms with E-state index in [0.29, 0.717) is 17.5 Å². The third kappa shape index (κ3) is 5.14. The van der Waals surface area contributed by atoms with Crippen molar-refractivity contribution >= 4 is 37.1 Å². The number of benzene rings is 6. The second-order valence-corrected chi connectivity index (χ2v) is 14.8. The van der Waals surface area contributed by atoms with Gasteiger partial charge in [-0.05, 0) is 56.6 Å². The van der Waals surface area contributed by atoms with Crippen molar-refractivity contribution in [2.45, 2.75) is 19.3 Å². The van der Waals surface area contributed by atoms with Crippen LogP contribution in [-0.4, -0.2) is 15.0 Å². The number of hydrogen-bond donors (Lipinski definition) is 0. The van der Waals surface area contributed by atoms with Crippen LogP contribution in [0.2, 0.25) is 0 Å². The second kappa shape index (κ2) is 12.5. The van der Waals surface area contributed by atoms with Crippen molar-refractivity contribution in [1.82, 2.24) is 15.0 Å². The smallest absolute Gasteiger partial charge is 0.164 e. The summed E-state index contributed by atoms with van der Waals surface area (Å²) in [7, 11) is 0. The minimum atomic E-state index is -0.138. The zero-order valence-corrected chi connectivity index (χ0v) is 29.9. The molecule has 2 heterocycles. The number of rotatable bonds is 7. The number of thiophene rings is 1. The Balaban J connectivity index is 1.21. The molecule has 6 aromatic carbocycles. The average molecular weight is 686 g/mol. The molecule has 3 nitrogen and oxygen atoms in total. The van der Waals surface area contributed by atoms with Crippen molar-refractivity contribution in [1.29, 1.82) is 0 Å². The minimum Gasteiger partial charge on any atom is -0.208 e. The van der Waals surface area contributed by atoms with Gasteiger partial charge in [0.1, 0.15) is 0 Å². The lowest BCUT2D eigenvalue weighted by Gasteiger charge is -2.21. The summed E-state index contributed by atoms with van der Waals surface area (Å²) in [6.45, 7) is 12.5. The van der Waals surface area contributed by atoms with E-state index in [-0.39, 0.29) is 5.41 Å². The first-order valence-electron chi connectivity index (χ1n) is 17.5. The molecule has 0 bridgehead atoms. The Labute approximate surface area is 308 Å². The van der Waals surface area contributed by atoms with Crippen LogP contribution in [0.4, 0.5) is 0 Å². The molecule has 4 heteroatoms. The van der Waals surface area contributed by atoms with Gasteiger partial charge in [-0.15, -0.1) is 11.3 Å². The van der Waals surface area contributed by atoms with Gasteiger partial charge < -0.3 is 0 Å². The molecule has 0 unspecified atom stereocenters. The Bertz CT molecular complexity index is 2750. The summed E-state index contributed by atoms with van der Waals surface area (Å²) in [6.07, 6.45) is 5.59. The van der Waals surface area contributed by atoms with Crippen LogP contribution in [0.1, 0.15) is 30.5 Å². The summed E-state index contributed by atoms with van der Waals surface area (Å²) in [5.41, 5.74) is 12.1. The van der Waals surface area contributed by atoms with Crippen molar-refractivity contribution in [3.05, 3.63) is 182 Å². The Hall–Kier alpha value is -6.23. The first-order chi connectivity index (χ1) is 25.4. The SMILES string of the molecule is C=C/C=C(\C=C)c1cccc(-c2nc(-c3ccc(-c4cccc5c4sc4ccccc45)cc3)nc(-c3cccc4c3-c3ccccc3C4(C)C)n2)c1. The van der Waals surface area contributed by atoms with Crippen LogP contribution in [0.15, 0.2) is 165 Å². The lowest BCUT2D eigenvalue weighted by Crippen LogP contribution is -2.14. The molecule has 0 saturated heterocycles. The van der Waals surface area contributed by atoms with Gasteiger partial charge in [-0.3, -0.25) is 0 Å². The molecule has 52 heavy (non-hydrogen) atoms. The third-order valence-electron chi connectivity index (χ3n) is 10.3. The van der Waals surface area contributed by atoms with E-state index < -0.39 is 0 Å². The van der Waals surface area contributed by atoms with E-state index in [0.717, 1.165) is 33.4 Å². The summed E-state index contributed by atoms with van der Waals surface area (Å²) >= 11 is 1.85. The number of nitrogens with zero attached hydrogens (tertiary/aromatic N) is 3. The maximum absolute atomic E-state index is 5.22. The van der Waals surface area contributed by atoms with E-state index in [1.807, 2.05) is 29.6 Å². The summed E-state index contributed by atoms with van der Waals surface area (Å²) in [5, 5.41) is 2.59. The van der Waals surface area contributed by atoms with E-state index >= 15 is 0 Å². The fraction of sp³-hybridized carbons (Fsp3) is 0.0625. The monoisotopic (exact) mass is 685 g/mol. The van der Waals surface area contributed by atoms with Gasteiger partial charge in [0, 0.05) is 42.3 Å². The van der Waals surface area contributed by atoms with Crippen LogP contribution < -0.4 is 0 Å². The summed E-state index contributed by atoms with van der Waals surface area (Å²) in [6, 6.07) is 47.4. The highest BCUT2D eigenvalue weighted by atomic mass is 32.1. The van der Waals surface area contributed by atoms with E-state index in [2.05, 4.69) is 154 Å². The number of hydrogen-bond acceptors (Lipinski definition) is 4. The molecule has 248 valence electrons. The van der Waals surface area contributed by atoms with Gasteiger partial charge in [0.15, 0.2) is 17.5 Å². The van der Waals surface area contributed by atoms with Crippen LogP contribution in [0.3, 0.4) is 0 Å². The topological polar surface area (TPSA) is 38.7 Å². The van der Waals surface area contributed by atoms with Gasteiger partial charge in [-0.2, -0.15) is 0 Å². The summed E-state index contributed by atoms with van der Waals surface area (Å²) < 4.78 is 2.60. The highest BCUT2D eigenvalue weighted by Crippen LogP contribution is 2.51. The Morgan fingerprint density at radius 1 is 0.577 bits per heavy atom. The normalized spacial score (nSPS) is 13.2. The summed E-state index contributed by atoms with van der Waals surface area (Å²) in [5.74, 6) is 1.90. The Morgan fingerprint density at radius 2 is 1.21 bits per heavy atom. The summed E-state index contributed by atoms with van der Waals surface area (Å²) in [4.78, 5) is 15.6. The van der Waals surface area contributed by atoms with Crippen LogP contribution in [0, 0.1) is 0 Å². The third-order valence-corrected chi connectivity index (χ3v) is 11.5. The van der Waals surface area contributed by atoms with Crippen molar-refractivity contribution in [2.75, 3.05) is 0 Å². The van der Waals surface area contributed by atoms with Gasteiger partial charge in [0.25, 0.3) is 0 Å². The largest absolute Gasteiger partial charge is 0.208 e. The lowest BCUT2D eigenvalue weighted by atomic mass is 9.82. The lowest BCUT2D eigenvalue weighted by molar-refractivity contribution is 0.660. The van der Waals surface area contributed by atoms with Gasteiger partial charge in [0.2, 0.25) is 0 Å². The molecule has 0 N–H and O–H groups in total. The van der Waals surface area contributed by atoms with Crippen LogP contribution in [-0.2, 0) is 5.41 Å². The molecule has 1 aliphatic carbocycles. The minimum absolute atomic E-state index is 0.138. The quantitative estimate of drug-likeness (QED) is 0.157. The van der Waals surface area contributed by atoms with Gasteiger partial charge in [-0.1, -0.05) is 167 Å². The Kier molecular flexibility index (Phi) is 7.64. The van der Waals surface area contributed by atoms with Crippen molar-refractivity contribution < 1.29 is 0 Å². The first-order valence-corrected chi connectivity index (χ1v) is 18.3. The predicted octanol–water partition coefficient (Wildman–Crippen LogP) is 13.0. The fourth-order valence-corrected chi connectivity index (χ4v) is 8.95. The molecule has 2 aromatic heterocycles. The van der Waals surface area contributed by atoms with E-state index in [1.54, 1.807) is 6.08 Å². The molecule has 0 fully saturated rings. The number of fused-ring (bicyclic) bond motifs is 6.